The van der Waals surface area contributed by atoms with Crippen molar-refractivity contribution in [3.05, 3.63) is 10.6 Å². The lowest BCUT2D eigenvalue weighted by molar-refractivity contribution is 0.222. The third-order valence-corrected chi connectivity index (χ3v) is 4.53. The molecule has 21 heavy (non-hydrogen) atoms. The molecule has 0 unspecified atom stereocenters. The van der Waals surface area contributed by atoms with Gasteiger partial charge in [-0.2, -0.15) is 5.10 Å². The van der Waals surface area contributed by atoms with E-state index < -0.39 is 0 Å². The Hall–Kier alpha value is -1.37. The SMILES string of the molecule is CCn1c(CCNC(=O)N[C@@H]2CCCC[C@H]2C)n[nH]c1=S. The van der Waals surface area contributed by atoms with E-state index in [-0.39, 0.29) is 6.03 Å². The summed E-state index contributed by atoms with van der Waals surface area (Å²) in [5.74, 6) is 1.45. The van der Waals surface area contributed by atoms with Gasteiger partial charge < -0.3 is 15.2 Å². The number of urea groups is 1. The highest BCUT2D eigenvalue weighted by Crippen LogP contribution is 2.23. The zero-order valence-electron chi connectivity index (χ0n) is 12.8. The number of H-pyrrole nitrogens is 1. The van der Waals surface area contributed by atoms with Gasteiger partial charge in [-0.3, -0.25) is 5.10 Å². The average molecular weight is 311 g/mol. The maximum Gasteiger partial charge on any atom is 0.315 e. The first-order valence-electron chi connectivity index (χ1n) is 7.80. The van der Waals surface area contributed by atoms with Crippen LogP contribution >= 0.6 is 12.2 Å². The number of amides is 2. The molecule has 1 heterocycles. The van der Waals surface area contributed by atoms with Crippen LogP contribution in [0.4, 0.5) is 4.79 Å². The zero-order valence-corrected chi connectivity index (χ0v) is 13.6. The number of carbonyl (C=O) groups excluding carboxylic acids is 1. The fraction of sp³-hybridized carbons (Fsp3) is 0.786. The number of hydrogen-bond donors (Lipinski definition) is 3. The van der Waals surface area contributed by atoms with Gasteiger partial charge in [-0.25, -0.2) is 4.79 Å². The fourth-order valence-electron chi connectivity index (χ4n) is 2.91. The van der Waals surface area contributed by atoms with E-state index in [4.69, 9.17) is 12.2 Å². The maximum atomic E-state index is 11.9. The average Bonchev–Trinajstić information content (AvgIpc) is 2.82. The van der Waals surface area contributed by atoms with E-state index >= 15 is 0 Å². The van der Waals surface area contributed by atoms with Crippen molar-refractivity contribution in [1.82, 2.24) is 25.4 Å². The summed E-state index contributed by atoms with van der Waals surface area (Å²) in [4.78, 5) is 11.9. The van der Waals surface area contributed by atoms with Crippen molar-refractivity contribution in [2.24, 2.45) is 5.92 Å². The number of hydrogen-bond acceptors (Lipinski definition) is 3. The van der Waals surface area contributed by atoms with Crippen LogP contribution in [0.2, 0.25) is 0 Å². The van der Waals surface area contributed by atoms with Gasteiger partial charge in [-0.15, -0.1) is 0 Å². The van der Waals surface area contributed by atoms with Crippen molar-refractivity contribution in [3.8, 4) is 0 Å². The van der Waals surface area contributed by atoms with E-state index in [1.165, 1.54) is 19.3 Å². The molecule has 2 amide bonds. The van der Waals surface area contributed by atoms with Crippen LogP contribution in [0.1, 0.15) is 45.4 Å². The normalized spacial score (nSPS) is 22.0. The number of aromatic amines is 1. The van der Waals surface area contributed by atoms with Crippen molar-refractivity contribution in [2.45, 2.75) is 58.5 Å². The van der Waals surface area contributed by atoms with Gasteiger partial charge in [0.05, 0.1) is 0 Å². The number of nitrogens with zero attached hydrogens (tertiary/aromatic N) is 2. The Balaban J connectivity index is 1.75. The van der Waals surface area contributed by atoms with Crippen LogP contribution in [0.15, 0.2) is 0 Å². The molecule has 1 saturated carbocycles. The Morgan fingerprint density at radius 1 is 1.48 bits per heavy atom. The molecule has 0 aliphatic heterocycles. The Morgan fingerprint density at radius 3 is 2.95 bits per heavy atom. The Bertz CT molecular complexity index is 524. The predicted octanol–water partition coefficient (Wildman–Crippen LogP) is 2.38. The summed E-state index contributed by atoms with van der Waals surface area (Å²) in [6, 6.07) is 0.231. The van der Waals surface area contributed by atoms with E-state index in [2.05, 4.69) is 27.8 Å². The summed E-state index contributed by atoms with van der Waals surface area (Å²) in [6.45, 7) is 5.59. The molecule has 1 fully saturated rings. The van der Waals surface area contributed by atoms with Crippen LogP contribution in [-0.2, 0) is 13.0 Å². The molecule has 3 N–H and O–H groups in total. The Kier molecular flexibility index (Phi) is 5.78. The highest BCUT2D eigenvalue weighted by Gasteiger charge is 2.22. The number of aromatic nitrogens is 3. The standard InChI is InChI=1S/C14H25N5OS/c1-3-19-12(17-18-14(19)21)8-9-15-13(20)16-11-7-5-4-6-10(11)2/h10-11H,3-9H2,1-2H3,(H,18,21)(H2,15,16,20)/t10-,11-/m1/s1. The molecular formula is C14H25N5OS. The van der Waals surface area contributed by atoms with Gasteiger partial charge >= 0.3 is 6.03 Å². The summed E-state index contributed by atoms with van der Waals surface area (Å²) in [5, 5.41) is 13.0. The summed E-state index contributed by atoms with van der Waals surface area (Å²) in [5.41, 5.74) is 0. The van der Waals surface area contributed by atoms with Gasteiger partial charge in [0.1, 0.15) is 5.82 Å². The van der Waals surface area contributed by atoms with Crippen LogP contribution in [-0.4, -0.2) is 33.4 Å². The van der Waals surface area contributed by atoms with Crippen LogP contribution in [0.25, 0.3) is 0 Å². The van der Waals surface area contributed by atoms with Crippen molar-refractivity contribution in [3.63, 3.8) is 0 Å². The Labute approximate surface area is 130 Å². The van der Waals surface area contributed by atoms with Gasteiger partial charge in [0.15, 0.2) is 4.77 Å². The van der Waals surface area contributed by atoms with Crippen LogP contribution < -0.4 is 10.6 Å². The molecule has 0 aromatic carbocycles. The molecule has 7 heteroatoms. The molecule has 6 nitrogen and oxygen atoms in total. The first-order valence-corrected chi connectivity index (χ1v) is 8.21. The molecule has 0 bridgehead atoms. The van der Waals surface area contributed by atoms with E-state index in [9.17, 15) is 4.79 Å². The van der Waals surface area contributed by atoms with Gasteiger partial charge in [0, 0.05) is 25.6 Å². The van der Waals surface area contributed by atoms with E-state index in [0.717, 1.165) is 18.8 Å². The minimum atomic E-state index is -0.0778. The van der Waals surface area contributed by atoms with Crippen LogP contribution in [0.3, 0.4) is 0 Å². The molecule has 118 valence electrons. The third-order valence-electron chi connectivity index (χ3n) is 4.22. The summed E-state index contributed by atoms with van der Waals surface area (Å²) < 4.78 is 2.57. The van der Waals surface area contributed by atoms with E-state index in [1.54, 1.807) is 0 Å². The highest BCUT2D eigenvalue weighted by molar-refractivity contribution is 7.71. The van der Waals surface area contributed by atoms with Crippen molar-refractivity contribution in [1.29, 1.82) is 0 Å². The number of nitrogens with one attached hydrogen (secondary N) is 3. The second-order valence-electron chi connectivity index (χ2n) is 5.71. The second kappa shape index (κ2) is 7.59. The molecule has 1 aliphatic carbocycles. The fourth-order valence-corrected chi connectivity index (χ4v) is 3.19. The largest absolute Gasteiger partial charge is 0.338 e. The minimum Gasteiger partial charge on any atom is -0.338 e. The van der Waals surface area contributed by atoms with Gasteiger partial charge in [-0.1, -0.05) is 19.8 Å². The molecule has 2 rings (SSSR count). The molecule has 0 radical (unpaired) electrons. The van der Waals surface area contributed by atoms with Gasteiger partial charge in [0.25, 0.3) is 0 Å². The quantitative estimate of drug-likeness (QED) is 0.731. The predicted molar refractivity (Wildman–Crippen MR) is 84.7 cm³/mol. The van der Waals surface area contributed by atoms with Gasteiger partial charge in [-0.05, 0) is 37.9 Å². The van der Waals surface area contributed by atoms with Crippen molar-refractivity contribution >= 4 is 18.2 Å². The molecule has 1 aromatic rings. The van der Waals surface area contributed by atoms with Crippen LogP contribution in [0.5, 0.6) is 0 Å². The lowest BCUT2D eigenvalue weighted by Gasteiger charge is -2.29. The number of rotatable bonds is 5. The molecular weight excluding hydrogens is 286 g/mol. The lowest BCUT2D eigenvalue weighted by Crippen LogP contribution is -2.46. The maximum absolute atomic E-state index is 11.9. The molecule has 1 aromatic heterocycles. The molecule has 2 atom stereocenters. The first kappa shape index (κ1) is 16.0. The monoisotopic (exact) mass is 311 g/mol. The minimum absolute atomic E-state index is 0.0778. The summed E-state index contributed by atoms with van der Waals surface area (Å²) in [6.07, 6.45) is 5.45. The van der Waals surface area contributed by atoms with Crippen molar-refractivity contribution < 1.29 is 4.79 Å². The van der Waals surface area contributed by atoms with Gasteiger partial charge in [0.2, 0.25) is 0 Å². The summed E-state index contributed by atoms with van der Waals surface area (Å²) in [7, 11) is 0. The Morgan fingerprint density at radius 2 is 2.24 bits per heavy atom. The third kappa shape index (κ3) is 4.30. The molecule has 0 spiro atoms. The van der Waals surface area contributed by atoms with E-state index in [0.29, 0.717) is 29.7 Å². The molecule has 0 saturated heterocycles. The zero-order chi connectivity index (χ0) is 15.2. The molecule has 1 aliphatic rings. The van der Waals surface area contributed by atoms with Crippen molar-refractivity contribution in [2.75, 3.05) is 6.54 Å². The highest BCUT2D eigenvalue weighted by atomic mass is 32.1. The number of carbonyl (C=O) groups is 1. The first-order chi connectivity index (χ1) is 10.1. The second-order valence-corrected chi connectivity index (χ2v) is 6.09. The van der Waals surface area contributed by atoms with Crippen LogP contribution in [0, 0.1) is 10.7 Å². The summed E-state index contributed by atoms with van der Waals surface area (Å²) >= 11 is 5.14. The topological polar surface area (TPSA) is 74.7 Å². The lowest BCUT2D eigenvalue weighted by atomic mass is 9.86. The smallest absolute Gasteiger partial charge is 0.315 e. The van der Waals surface area contributed by atoms with E-state index in [1.807, 2.05) is 11.5 Å².